The third kappa shape index (κ3) is 5.17. The smallest absolute Gasteiger partial charge is 0.0587 e. The van der Waals surface area contributed by atoms with Crippen molar-refractivity contribution in [2.75, 3.05) is 39.4 Å². The van der Waals surface area contributed by atoms with Crippen molar-refractivity contribution in [1.29, 1.82) is 0 Å². The van der Waals surface area contributed by atoms with Gasteiger partial charge in [0.2, 0.25) is 0 Å². The first-order valence-electron chi connectivity index (χ1n) is 4.77. The van der Waals surface area contributed by atoms with Crippen molar-refractivity contribution in [2.24, 2.45) is 0 Å². The molecule has 0 atom stereocenters. The van der Waals surface area contributed by atoms with E-state index < -0.39 is 0 Å². The van der Waals surface area contributed by atoms with Crippen molar-refractivity contribution in [3.05, 3.63) is 0 Å². The number of aliphatic hydroxyl groups excluding tert-OH is 2. The number of rotatable bonds is 8. The molecule has 0 aromatic heterocycles. The van der Waals surface area contributed by atoms with Gasteiger partial charge < -0.3 is 10.2 Å². The zero-order valence-electron chi connectivity index (χ0n) is 8.53. The summed E-state index contributed by atoms with van der Waals surface area (Å²) in [5.74, 6) is 0. The second kappa shape index (κ2) is 8.40. The third-order valence-corrected chi connectivity index (χ3v) is 1.79. The largest absolute Gasteiger partial charge is 0.395 e. The normalized spacial score (nSPS) is 11.5. The average Bonchev–Trinajstić information content (AvgIpc) is 2.16. The lowest BCUT2D eigenvalue weighted by molar-refractivity contribution is -0.0739. The highest BCUT2D eigenvalue weighted by Gasteiger charge is 2.09. The molecule has 0 aliphatic carbocycles. The van der Waals surface area contributed by atoms with Gasteiger partial charge in [-0.15, -0.1) is 0 Å². The summed E-state index contributed by atoms with van der Waals surface area (Å²) in [6.07, 6.45) is 0. The maximum Gasteiger partial charge on any atom is 0.0587 e. The van der Waals surface area contributed by atoms with Crippen LogP contribution in [-0.4, -0.2) is 59.7 Å². The molecule has 13 heavy (non-hydrogen) atoms. The summed E-state index contributed by atoms with van der Waals surface area (Å²) in [6, 6.07) is 0. The van der Waals surface area contributed by atoms with Gasteiger partial charge in [-0.25, -0.2) is 10.4 Å². The predicted molar refractivity (Wildman–Crippen MR) is 51.8 cm³/mol. The van der Waals surface area contributed by atoms with E-state index in [1.165, 1.54) is 0 Å². The fourth-order valence-corrected chi connectivity index (χ4v) is 1.16. The van der Waals surface area contributed by atoms with E-state index in [1.807, 2.05) is 5.12 Å². The summed E-state index contributed by atoms with van der Waals surface area (Å²) in [5.41, 5.74) is 3.02. The Bertz CT molecular complexity index is 110. The number of aliphatic hydroxyl groups is 2. The van der Waals surface area contributed by atoms with Gasteiger partial charge in [-0.05, 0) is 0 Å². The first-order chi connectivity index (χ1) is 6.29. The summed E-state index contributed by atoms with van der Waals surface area (Å²) in [6.45, 7) is 7.13. The minimum atomic E-state index is 0.100. The Balaban J connectivity index is 3.88. The molecule has 0 aliphatic heterocycles. The molecule has 0 aliphatic rings. The summed E-state index contributed by atoms with van der Waals surface area (Å²) >= 11 is 0. The van der Waals surface area contributed by atoms with Gasteiger partial charge in [-0.3, -0.25) is 0 Å². The zero-order chi connectivity index (χ0) is 10.1. The Hall–Kier alpha value is -0.200. The molecule has 0 fully saturated rings. The van der Waals surface area contributed by atoms with E-state index in [0.29, 0.717) is 13.1 Å². The standard InChI is InChI=1S/C8H21N3O2/c1-3-10(4-2)11(6-8-13)9-5-7-12/h9,12-13H,3-8H2,1-2H3. The van der Waals surface area contributed by atoms with Crippen LogP contribution in [0.15, 0.2) is 0 Å². The number of hydrazine groups is 2. The second-order valence-electron chi connectivity index (χ2n) is 2.62. The van der Waals surface area contributed by atoms with Crippen LogP contribution in [0.1, 0.15) is 13.8 Å². The summed E-state index contributed by atoms with van der Waals surface area (Å²) in [4.78, 5) is 0. The van der Waals surface area contributed by atoms with Crippen molar-refractivity contribution in [1.82, 2.24) is 15.6 Å². The van der Waals surface area contributed by atoms with Crippen LogP contribution in [-0.2, 0) is 0 Å². The molecular weight excluding hydrogens is 170 g/mol. The molecule has 0 heterocycles. The van der Waals surface area contributed by atoms with Crippen molar-refractivity contribution in [2.45, 2.75) is 13.8 Å². The van der Waals surface area contributed by atoms with Gasteiger partial charge in [-0.2, -0.15) is 5.12 Å². The molecule has 0 saturated carbocycles. The zero-order valence-corrected chi connectivity index (χ0v) is 8.53. The molecule has 80 valence electrons. The number of hydrogen-bond acceptors (Lipinski definition) is 5. The van der Waals surface area contributed by atoms with Gasteiger partial charge in [0, 0.05) is 19.6 Å². The highest BCUT2D eigenvalue weighted by atomic mass is 16.3. The number of nitrogens with zero attached hydrogens (tertiary/aromatic N) is 2. The lowest BCUT2D eigenvalue weighted by atomic mass is 10.6. The Morgan fingerprint density at radius 1 is 1.08 bits per heavy atom. The Morgan fingerprint density at radius 3 is 2.08 bits per heavy atom. The highest BCUT2D eigenvalue weighted by Crippen LogP contribution is 1.92. The van der Waals surface area contributed by atoms with Crippen LogP contribution < -0.4 is 5.43 Å². The van der Waals surface area contributed by atoms with Crippen LogP contribution >= 0.6 is 0 Å². The van der Waals surface area contributed by atoms with Crippen molar-refractivity contribution < 1.29 is 10.2 Å². The van der Waals surface area contributed by atoms with E-state index in [0.717, 1.165) is 13.1 Å². The van der Waals surface area contributed by atoms with Gasteiger partial charge in [0.1, 0.15) is 0 Å². The molecule has 0 spiro atoms. The maximum absolute atomic E-state index is 8.81. The van der Waals surface area contributed by atoms with Gasteiger partial charge in [0.05, 0.1) is 19.8 Å². The fraction of sp³-hybridized carbons (Fsp3) is 1.00. The Morgan fingerprint density at radius 2 is 1.69 bits per heavy atom. The Labute approximate surface area is 79.9 Å². The third-order valence-electron chi connectivity index (χ3n) is 1.79. The van der Waals surface area contributed by atoms with Crippen LogP contribution in [0, 0.1) is 0 Å². The van der Waals surface area contributed by atoms with Crippen LogP contribution in [0.5, 0.6) is 0 Å². The molecule has 0 aromatic carbocycles. The number of hydrogen-bond donors (Lipinski definition) is 3. The van der Waals surface area contributed by atoms with E-state index in [-0.39, 0.29) is 13.2 Å². The van der Waals surface area contributed by atoms with Gasteiger partial charge in [0.15, 0.2) is 0 Å². The molecule has 5 nitrogen and oxygen atoms in total. The lowest BCUT2D eigenvalue weighted by Gasteiger charge is -2.32. The molecule has 0 bridgehead atoms. The van der Waals surface area contributed by atoms with Gasteiger partial charge in [0.25, 0.3) is 0 Å². The number of nitrogens with one attached hydrogen (secondary N) is 1. The maximum atomic E-state index is 8.81. The summed E-state index contributed by atoms with van der Waals surface area (Å²) in [5, 5.41) is 21.4. The molecule has 0 amide bonds. The molecule has 3 N–H and O–H groups in total. The molecule has 0 aromatic rings. The van der Waals surface area contributed by atoms with Crippen LogP contribution in [0.3, 0.4) is 0 Å². The van der Waals surface area contributed by atoms with Crippen molar-refractivity contribution in [3.63, 3.8) is 0 Å². The predicted octanol–water partition coefficient (Wildman–Crippen LogP) is -0.966. The molecule has 5 heteroatoms. The second-order valence-corrected chi connectivity index (χ2v) is 2.62. The minimum Gasteiger partial charge on any atom is -0.395 e. The Kier molecular flexibility index (Phi) is 8.27. The van der Waals surface area contributed by atoms with Crippen LogP contribution in [0.2, 0.25) is 0 Å². The monoisotopic (exact) mass is 191 g/mol. The molecule has 0 radical (unpaired) electrons. The molecule has 0 rings (SSSR count). The van der Waals surface area contributed by atoms with E-state index >= 15 is 0 Å². The first-order valence-corrected chi connectivity index (χ1v) is 4.77. The topological polar surface area (TPSA) is 59.0 Å². The van der Waals surface area contributed by atoms with E-state index in [2.05, 4.69) is 24.3 Å². The SMILES string of the molecule is CCN(CC)N(CCO)NCCO. The molecule has 0 unspecified atom stereocenters. The van der Waals surface area contributed by atoms with E-state index in [4.69, 9.17) is 10.2 Å². The van der Waals surface area contributed by atoms with Crippen molar-refractivity contribution >= 4 is 0 Å². The quantitative estimate of drug-likeness (QED) is 0.431. The minimum absolute atomic E-state index is 0.100. The van der Waals surface area contributed by atoms with E-state index in [9.17, 15) is 0 Å². The van der Waals surface area contributed by atoms with Crippen LogP contribution in [0.25, 0.3) is 0 Å². The van der Waals surface area contributed by atoms with Gasteiger partial charge >= 0.3 is 0 Å². The van der Waals surface area contributed by atoms with Crippen molar-refractivity contribution in [3.8, 4) is 0 Å². The fourth-order valence-electron chi connectivity index (χ4n) is 1.16. The lowest BCUT2D eigenvalue weighted by Crippen LogP contribution is -2.52. The molecule has 0 saturated heterocycles. The van der Waals surface area contributed by atoms with Crippen LogP contribution in [0.4, 0.5) is 0 Å². The molecular formula is C8H21N3O2. The highest BCUT2D eigenvalue weighted by molar-refractivity contribution is 4.50. The van der Waals surface area contributed by atoms with Gasteiger partial charge in [-0.1, -0.05) is 13.8 Å². The summed E-state index contributed by atoms with van der Waals surface area (Å²) in [7, 11) is 0. The van der Waals surface area contributed by atoms with E-state index in [1.54, 1.807) is 0 Å². The first kappa shape index (κ1) is 12.8. The summed E-state index contributed by atoms with van der Waals surface area (Å²) < 4.78 is 0. The average molecular weight is 191 g/mol.